The number of hydrogen-bond acceptors (Lipinski definition) is 4. The van der Waals surface area contributed by atoms with E-state index in [1.165, 1.54) is 6.08 Å². The molecule has 0 radical (unpaired) electrons. The van der Waals surface area contributed by atoms with E-state index in [1.54, 1.807) is 6.08 Å². The molecule has 1 aliphatic rings. The van der Waals surface area contributed by atoms with Gasteiger partial charge in [0.25, 0.3) is 0 Å². The second-order valence-electron chi connectivity index (χ2n) is 7.14. The first kappa shape index (κ1) is 19.1. The summed E-state index contributed by atoms with van der Waals surface area (Å²) in [7, 11) is 0. The Morgan fingerprint density at radius 3 is 3.14 bits per heavy atom. The maximum absolute atomic E-state index is 12.2. The van der Waals surface area contributed by atoms with Gasteiger partial charge in [-0.3, -0.25) is 4.79 Å². The molecule has 0 fully saturated rings. The minimum atomic E-state index is -0.147. The molecule has 0 saturated heterocycles. The van der Waals surface area contributed by atoms with E-state index in [0.717, 1.165) is 40.4 Å². The van der Waals surface area contributed by atoms with E-state index < -0.39 is 0 Å². The van der Waals surface area contributed by atoms with Gasteiger partial charge in [0, 0.05) is 49.0 Å². The van der Waals surface area contributed by atoms with Crippen LogP contribution in [0.5, 0.6) is 11.5 Å². The second kappa shape index (κ2) is 8.39. The maximum Gasteiger partial charge on any atom is 0.244 e. The Balaban J connectivity index is 1.37. The smallest absolute Gasteiger partial charge is 0.244 e. The van der Waals surface area contributed by atoms with Gasteiger partial charge in [-0.1, -0.05) is 6.07 Å². The molecule has 1 atom stereocenters. The first-order valence-corrected chi connectivity index (χ1v) is 9.97. The second-order valence-corrected chi connectivity index (χ2v) is 7.14. The van der Waals surface area contributed by atoms with Crippen molar-refractivity contribution in [1.29, 1.82) is 0 Å². The van der Waals surface area contributed by atoms with Gasteiger partial charge in [-0.15, -0.1) is 0 Å². The van der Waals surface area contributed by atoms with Crippen molar-refractivity contribution in [3.05, 3.63) is 65.6 Å². The lowest BCUT2D eigenvalue weighted by molar-refractivity contribution is -0.116. The van der Waals surface area contributed by atoms with Crippen LogP contribution in [0.15, 0.2) is 48.8 Å². The van der Waals surface area contributed by atoms with Crippen LogP contribution in [-0.4, -0.2) is 34.5 Å². The van der Waals surface area contributed by atoms with E-state index >= 15 is 0 Å². The van der Waals surface area contributed by atoms with Gasteiger partial charge in [-0.2, -0.15) is 0 Å². The van der Waals surface area contributed by atoms with Crippen molar-refractivity contribution in [2.75, 3.05) is 13.2 Å². The predicted molar refractivity (Wildman–Crippen MR) is 112 cm³/mol. The molecule has 0 bridgehead atoms. The van der Waals surface area contributed by atoms with E-state index in [-0.39, 0.29) is 12.0 Å². The number of rotatable bonds is 7. The maximum atomic E-state index is 12.2. The highest BCUT2D eigenvalue weighted by atomic mass is 16.5. The Morgan fingerprint density at radius 2 is 2.31 bits per heavy atom. The number of aromatic nitrogens is 2. The Labute approximate surface area is 170 Å². The first-order chi connectivity index (χ1) is 14.1. The molecule has 1 aromatic carbocycles. The number of benzene rings is 1. The van der Waals surface area contributed by atoms with E-state index in [2.05, 4.69) is 10.3 Å². The Kier molecular flexibility index (Phi) is 5.51. The molecule has 150 valence electrons. The van der Waals surface area contributed by atoms with Crippen molar-refractivity contribution >= 4 is 17.6 Å². The van der Waals surface area contributed by atoms with Crippen molar-refractivity contribution in [3.8, 4) is 11.5 Å². The average molecular weight is 391 g/mol. The summed E-state index contributed by atoms with van der Waals surface area (Å²) in [6.45, 7) is 5.09. The zero-order valence-corrected chi connectivity index (χ0v) is 16.7. The van der Waals surface area contributed by atoms with Crippen LogP contribution in [0.4, 0.5) is 0 Å². The van der Waals surface area contributed by atoms with E-state index in [9.17, 15) is 4.79 Å². The number of ether oxygens (including phenoxy) is 2. The highest BCUT2D eigenvalue weighted by molar-refractivity contribution is 5.92. The first-order valence-electron chi connectivity index (χ1n) is 9.97. The Hall–Kier alpha value is -3.28. The highest BCUT2D eigenvalue weighted by Gasteiger charge is 2.21. The molecular weight excluding hydrogens is 366 g/mol. The number of amides is 1. The summed E-state index contributed by atoms with van der Waals surface area (Å²) in [6.07, 6.45) is 8.98. The molecule has 0 saturated carbocycles. The van der Waals surface area contributed by atoms with Crippen LogP contribution < -0.4 is 14.8 Å². The number of nitrogens with one attached hydrogen (secondary N) is 1. The van der Waals surface area contributed by atoms with E-state index in [0.29, 0.717) is 19.6 Å². The van der Waals surface area contributed by atoms with E-state index in [4.69, 9.17) is 9.47 Å². The third kappa shape index (κ3) is 4.42. The number of nitrogens with zero attached hydrogens (tertiary/aromatic N) is 2. The van der Waals surface area contributed by atoms with Gasteiger partial charge in [0.1, 0.15) is 23.3 Å². The number of pyridine rings is 1. The number of hydrogen-bond donors (Lipinski definition) is 1. The molecular formula is C23H25N3O3. The molecule has 1 unspecified atom stereocenters. The molecule has 0 aliphatic carbocycles. The monoisotopic (exact) mass is 391 g/mol. The van der Waals surface area contributed by atoms with Gasteiger partial charge in [0.2, 0.25) is 5.91 Å². The van der Waals surface area contributed by atoms with Gasteiger partial charge in [0.05, 0.1) is 12.3 Å². The van der Waals surface area contributed by atoms with Crippen molar-refractivity contribution < 1.29 is 14.3 Å². The van der Waals surface area contributed by atoms with Crippen LogP contribution in [0.1, 0.15) is 30.7 Å². The fourth-order valence-corrected chi connectivity index (χ4v) is 3.51. The summed E-state index contributed by atoms with van der Waals surface area (Å²) >= 11 is 0. The zero-order valence-electron chi connectivity index (χ0n) is 16.7. The molecule has 3 heterocycles. The van der Waals surface area contributed by atoms with Crippen LogP contribution in [0.2, 0.25) is 0 Å². The molecule has 1 N–H and O–H groups in total. The van der Waals surface area contributed by atoms with Gasteiger partial charge in [-0.25, -0.2) is 4.98 Å². The fourth-order valence-electron chi connectivity index (χ4n) is 3.51. The third-order valence-corrected chi connectivity index (χ3v) is 4.84. The van der Waals surface area contributed by atoms with Crippen LogP contribution in [0.3, 0.4) is 0 Å². The number of carbonyl (C=O) groups is 1. The summed E-state index contributed by atoms with van der Waals surface area (Å²) in [5, 5.41) is 2.91. The van der Waals surface area contributed by atoms with Crippen LogP contribution in [-0.2, 0) is 17.6 Å². The SMILES string of the molecule is CCOc1cc2c(cc1/C=C/C(=O)NCCc1cn3ccccc3n1)OC(C)C2. The van der Waals surface area contributed by atoms with E-state index in [1.807, 2.05) is 61.0 Å². The molecule has 4 rings (SSSR count). The Bertz CT molecular complexity index is 1020. The van der Waals surface area contributed by atoms with Gasteiger partial charge in [-0.05, 0) is 44.2 Å². The molecule has 6 nitrogen and oxygen atoms in total. The quantitative estimate of drug-likeness (QED) is 0.627. The van der Waals surface area contributed by atoms with Gasteiger partial charge in [0.15, 0.2) is 0 Å². The van der Waals surface area contributed by atoms with Crippen molar-refractivity contribution in [2.24, 2.45) is 0 Å². The Morgan fingerprint density at radius 1 is 1.41 bits per heavy atom. The molecule has 1 amide bonds. The predicted octanol–water partition coefficient (Wildman–Crippen LogP) is 3.43. The zero-order chi connectivity index (χ0) is 20.2. The van der Waals surface area contributed by atoms with Crippen LogP contribution >= 0.6 is 0 Å². The normalized spacial score (nSPS) is 15.4. The molecule has 0 spiro atoms. The lowest BCUT2D eigenvalue weighted by atomic mass is 10.1. The largest absolute Gasteiger partial charge is 0.493 e. The van der Waals surface area contributed by atoms with Crippen LogP contribution in [0.25, 0.3) is 11.7 Å². The number of carbonyl (C=O) groups excluding carboxylic acids is 1. The molecule has 1 aliphatic heterocycles. The standard InChI is InChI=1S/C23H25N3O3/c1-3-28-20-14-18-12-16(2)29-21(18)13-17(20)7-8-23(27)24-10-9-19-15-26-11-5-4-6-22(26)25-19/h4-8,11,13-16H,3,9-10,12H2,1-2H3,(H,24,27)/b8-7+. The molecule has 3 aromatic rings. The summed E-state index contributed by atoms with van der Waals surface area (Å²) in [5.41, 5.74) is 3.85. The van der Waals surface area contributed by atoms with Crippen LogP contribution in [0, 0.1) is 0 Å². The minimum Gasteiger partial charge on any atom is -0.493 e. The lowest BCUT2D eigenvalue weighted by Gasteiger charge is -2.10. The van der Waals surface area contributed by atoms with Crippen molar-refractivity contribution in [1.82, 2.24) is 14.7 Å². The highest BCUT2D eigenvalue weighted by Crippen LogP contribution is 2.35. The summed E-state index contributed by atoms with van der Waals surface area (Å²) < 4.78 is 13.6. The summed E-state index contributed by atoms with van der Waals surface area (Å²) in [5.74, 6) is 1.50. The van der Waals surface area contributed by atoms with Crippen molar-refractivity contribution in [3.63, 3.8) is 0 Å². The average Bonchev–Trinajstić information content (AvgIpc) is 3.27. The molecule has 2 aromatic heterocycles. The molecule has 6 heteroatoms. The number of imidazole rings is 1. The van der Waals surface area contributed by atoms with Gasteiger partial charge >= 0.3 is 0 Å². The lowest BCUT2D eigenvalue weighted by Crippen LogP contribution is -2.23. The minimum absolute atomic E-state index is 0.147. The van der Waals surface area contributed by atoms with Gasteiger partial charge < -0.3 is 19.2 Å². The molecule has 29 heavy (non-hydrogen) atoms. The third-order valence-electron chi connectivity index (χ3n) is 4.84. The topological polar surface area (TPSA) is 64.9 Å². The summed E-state index contributed by atoms with van der Waals surface area (Å²) in [4.78, 5) is 16.8. The van der Waals surface area contributed by atoms with Crippen molar-refractivity contribution in [2.45, 2.75) is 32.8 Å². The summed E-state index contributed by atoms with van der Waals surface area (Å²) in [6, 6.07) is 9.85. The fraction of sp³-hybridized carbons (Fsp3) is 0.304. The number of fused-ring (bicyclic) bond motifs is 2.